The average molecular weight is 209 g/mol. The molecule has 1 fully saturated rings. The number of hydrogen-bond donors (Lipinski definition) is 1. The van der Waals surface area contributed by atoms with Gasteiger partial charge in [-0.1, -0.05) is 12.8 Å². The van der Waals surface area contributed by atoms with Gasteiger partial charge in [0, 0.05) is 13.1 Å². The molecule has 0 aromatic carbocycles. The molecule has 1 atom stereocenters. The van der Waals surface area contributed by atoms with E-state index in [2.05, 4.69) is 18.0 Å². The number of nitrogens with two attached hydrogens (primary N) is 1. The van der Waals surface area contributed by atoms with Gasteiger partial charge in [0.05, 0.1) is 6.07 Å². The van der Waals surface area contributed by atoms with Crippen LogP contribution in [0.5, 0.6) is 0 Å². The summed E-state index contributed by atoms with van der Waals surface area (Å²) in [5.41, 5.74) is 5.12. The Morgan fingerprint density at radius 3 is 2.60 bits per heavy atom. The van der Waals surface area contributed by atoms with Gasteiger partial charge >= 0.3 is 0 Å². The van der Waals surface area contributed by atoms with Gasteiger partial charge in [-0.25, -0.2) is 0 Å². The van der Waals surface area contributed by atoms with Crippen LogP contribution in [0.2, 0.25) is 0 Å². The van der Waals surface area contributed by atoms with Gasteiger partial charge in [-0.2, -0.15) is 5.26 Å². The predicted molar refractivity (Wildman–Crippen MR) is 62.3 cm³/mol. The highest BCUT2D eigenvalue weighted by molar-refractivity contribution is 5.01. The zero-order valence-electron chi connectivity index (χ0n) is 10.00. The van der Waals surface area contributed by atoms with Crippen LogP contribution in [0.25, 0.3) is 0 Å². The Hall–Kier alpha value is -0.590. The van der Waals surface area contributed by atoms with E-state index in [1.54, 1.807) is 6.92 Å². The summed E-state index contributed by atoms with van der Waals surface area (Å²) in [6, 6.07) is 2.14. The van der Waals surface area contributed by atoms with Crippen molar-refractivity contribution in [1.82, 2.24) is 4.90 Å². The second kappa shape index (κ2) is 5.48. The maximum absolute atomic E-state index is 8.80. The minimum absolute atomic E-state index is 0.663. The van der Waals surface area contributed by atoms with Crippen LogP contribution >= 0.6 is 0 Å². The first-order valence-electron chi connectivity index (χ1n) is 5.92. The van der Waals surface area contributed by atoms with Crippen LogP contribution in [-0.4, -0.2) is 30.6 Å². The van der Waals surface area contributed by atoms with Crippen LogP contribution in [0.4, 0.5) is 0 Å². The quantitative estimate of drug-likeness (QED) is 0.750. The van der Waals surface area contributed by atoms with Crippen LogP contribution in [-0.2, 0) is 0 Å². The van der Waals surface area contributed by atoms with Crippen LogP contribution in [0.1, 0.15) is 39.0 Å². The Morgan fingerprint density at radius 2 is 2.07 bits per heavy atom. The first kappa shape index (κ1) is 12.5. The van der Waals surface area contributed by atoms with E-state index in [-0.39, 0.29) is 0 Å². The third-order valence-corrected chi connectivity index (χ3v) is 3.31. The molecule has 0 radical (unpaired) electrons. The highest BCUT2D eigenvalue weighted by Gasteiger charge is 2.20. The number of nitriles is 1. The Labute approximate surface area is 93.2 Å². The van der Waals surface area contributed by atoms with Gasteiger partial charge in [-0.15, -0.1) is 0 Å². The molecular weight excluding hydrogens is 186 g/mol. The normalized spacial score (nSPS) is 21.5. The van der Waals surface area contributed by atoms with Crippen molar-refractivity contribution in [3.8, 4) is 6.07 Å². The third-order valence-electron chi connectivity index (χ3n) is 3.31. The van der Waals surface area contributed by atoms with Crippen LogP contribution in [0.15, 0.2) is 0 Å². The molecule has 2 N–H and O–H groups in total. The first-order valence-corrected chi connectivity index (χ1v) is 5.92. The van der Waals surface area contributed by atoms with E-state index in [1.165, 1.54) is 32.2 Å². The second-order valence-electron chi connectivity index (χ2n) is 5.19. The van der Waals surface area contributed by atoms with E-state index in [0.717, 1.165) is 18.9 Å². The number of rotatable bonds is 5. The van der Waals surface area contributed by atoms with E-state index in [9.17, 15) is 0 Å². The first-order chi connectivity index (χ1) is 7.03. The van der Waals surface area contributed by atoms with Gasteiger partial charge in [-0.05, 0) is 39.2 Å². The molecule has 0 bridgehead atoms. The van der Waals surface area contributed by atoms with Gasteiger partial charge < -0.3 is 10.6 Å². The molecule has 0 aliphatic heterocycles. The van der Waals surface area contributed by atoms with E-state index >= 15 is 0 Å². The fourth-order valence-corrected chi connectivity index (χ4v) is 2.20. The molecule has 15 heavy (non-hydrogen) atoms. The molecule has 1 unspecified atom stereocenters. The molecule has 0 spiro atoms. The zero-order valence-corrected chi connectivity index (χ0v) is 10.00. The van der Waals surface area contributed by atoms with Crippen molar-refractivity contribution in [2.24, 2.45) is 11.7 Å². The van der Waals surface area contributed by atoms with Gasteiger partial charge in [-0.3, -0.25) is 0 Å². The van der Waals surface area contributed by atoms with Crippen LogP contribution in [0.3, 0.4) is 0 Å². The van der Waals surface area contributed by atoms with Crippen molar-refractivity contribution >= 4 is 0 Å². The lowest BCUT2D eigenvalue weighted by Crippen LogP contribution is -2.38. The van der Waals surface area contributed by atoms with E-state index < -0.39 is 5.54 Å². The average Bonchev–Trinajstić information content (AvgIpc) is 2.68. The highest BCUT2D eigenvalue weighted by Crippen LogP contribution is 2.25. The standard InChI is InChI=1S/C12H23N3/c1-12(14,10-13)7-8-15(2)9-11-5-3-4-6-11/h11H,3-9,14H2,1-2H3. The molecule has 3 heteroatoms. The van der Waals surface area contributed by atoms with Crippen molar-refractivity contribution in [3.05, 3.63) is 0 Å². The van der Waals surface area contributed by atoms with E-state index in [4.69, 9.17) is 11.0 Å². The van der Waals surface area contributed by atoms with Gasteiger partial charge in [0.15, 0.2) is 0 Å². The fourth-order valence-electron chi connectivity index (χ4n) is 2.20. The lowest BCUT2D eigenvalue weighted by molar-refractivity contribution is 0.262. The summed E-state index contributed by atoms with van der Waals surface area (Å²) >= 11 is 0. The molecule has 0 aromatic heterocycles. The summed E-state index contributed by atoms with van der Waals surface area (Å²) in [6.07, 6.45) is 6.30. The topological polar surface area (TPSA) is 53.0 Å². The summed E-state index contributed by atoms with van der Waals surface area (Å²) in [5, 5.41) is 8.80. The SMILES string of the molecule is CN(CCC(C)(N)C#N)CC1CCCC1. The van der Waals surface area contributed by atoms with Crippen LogP contribution in [0, 0.1) is 17.2 Å². The smallest absolute Gasteiger partial charge is 0.102 e. The minimum atomic E-state index is -0.663. The molecule has 0 amide bonds. The predicted octanol–water partition coefficient (Wildman–Crippen LogP) is 1.74. The Morgan fingerprint density at radius 1 is 1.47 bits per heavy atom. The number of nitrogens with zero attached hydrogens (tertiary/aromatic N) is 2. The lowest BCUT2D eigenvalue weighted by Gasteiger charge is -2.24. The summed E-state index contributed by atoms with van der Waals surface area (Å²) in [7, 11) is 2.13. The van der Waals surface area contributed by atoms with Gasteiger partial charge in [0.2, 0.25) is 0 Å². The second-order valence-corrected chi connectivity index (χ2v) is 5.19. The minimum Gasteiger partial charge on any atom is -0.314 e. The summed E-state index contributed by atoms with van der Waals surface area (Å²) in [4.78, 5) is 2.32. The number of hydrogen-bond acceptors (Lipinski definition) is 3. The Bertz CT molecular complexity index is 224. The van der Waals surface area contributed by atoms with Crippen molar-refractivity contribution in [2.75, 3.05) is 20.1 Å². The van der Waals surface area contributed by atoms with Crippen LogP contribution < -0.4 is 5.73 Å². The molecule has 0 saturated heterocycles. The molecule has 1 rings (SSSR count). The van der Waals surface area contributed by atoms with Crippen molar-refractivity contribution in [3.63, 3.8) is 0 Å². The monoisotopic (exact) mass is 209 g/mol. The molecule has 1 aliphatic carbocycles. The van der Waals surface area contributed by atoms with E-state index in [0.29, 0.717) is 0 Å². The fraction of sp³-hybridized carbons (Fsp3) is 0.917. The molecule has 1 aliphatic rings. The molecule has 0 aromatic rings. The summed E-state index contributed by atoms with van der Waals surface area (Å²) < 4.78 is 0. The molecule has 86 valence electrons. The maximum atomic E-state index is 8.80. The summed E-state index contributed by atoms with van der Waals surface area (Å²) in [6.45, 7) is 3.90. The van der Waals surface area contributed by atoms with E-state index in [1.807, 2.05) is 0 Å². The Balaban J connectivity index is 2.18. The maximum Gasteiger partial charge on any atom is 0.102 e. The molecule has 3 nitrogen and oxygen atoms in total. The Kier molecular flexibility index (Phi) is 4.56. The van der Waals surface area contributed by atoms with Crippen molar-refractivity contribution in [1.29, 1.82) is 5.26 Å². The van der Waals surface area contributed by atoms with Crippen molar-refractivity contribution < 1.29 is 0 Å². The largest absolute Gasteiger partial charge is 0.314 e. The highest BCUT2D eigenvalue weighted by atomic mass is 15.1. The molecule has 0 heterocycles. The lowest BCUT2D eigenvalue weighted by atomic mass is 10.0. The zero-order chi connectivity index (χ0) is 11.3. The molecular formula is C12H23N3. The van der Waals surface area contributed by atoms with Gasteiger partial charge in [0.25, 0.3) is 0 Å². The summed E-state index contributed by atoms with van der Waals surface area (Å²) in [5.74, 6) is 0.876. The molecule has 1 saturated carbocycles. The van der Waals surface area contributed by atoms with Gasteiger partial charge in [0.1, 0.15) is 5.54 Å². The van der Waals surface area contributed by atoms with Crippen molar-refractivity contribution in [2.45, 2.75) is 44.6 Å². The third kappa shape index (κ3) is 4.63.